The number of hydrogen-bond donors (Lipinski definition) is 0. The zero-order valence-electron chi connectivity index (χ0n) is 9.12. The van der Waals surface area contributed by atoms with Gasteiger partial charge in [0, 0.05) is 0 Å². The van der Waals surface area contributed by atoms with E-state index in [4.69, 9.17) is 0 Å². The Morgan fingerprint density at radius 2 is 1.67 bits per heavy atom. The molecule has 0 aliphatic rings. The molecule has 0 saturated heterocycles. The average molecular weight is 270 g/mol. The quantitative estimate of drug-likeness (QED) is 0.693. The van der Waals surface area contributed by atoms with Crippen LogP contribution in [0.4, 0.5) is 0 Å². The van der Waals surface area contributed by atoms with Gasteiger partial charge in [-0.3, -0.25) is 0 Å². The van der Waals surface area contributed by atoms with Crippen LogP contribution in [0.2, 0.25) is 0 Å². The summed E-state index contributed by atoms with van der Waals surface area (Å²) in [6, 6.07) is 20.6. The SMILES string of the molecule is Cc1[c-]c(-c2[c-]cccc2)ccc1.[CH3-].[Y+3]. The first-order valence-electron chi connectivity index (χ1n) is 4.32. The number of aryl methyl sites for hydroxylation is 1. The van der Waals surface area contributed by atoms with Crippen molar-refractivity contribution in [1.82, 2.24) is 0 Å². The van der Waals surface area contributed by atoms with E-state index in [1.54, 1.807) is 0 Å². The molecule has 2 aromatic rings. The van der Waals surface area contributed by atoms with Gasteiger partial charge in [0.15, 0.2) is 0 Å². The summed E-state index contributed by atoms with van der Waals surface area (Å²) in [7, 11) is 0. The van der Waals surface area contributed by atoms with Crippen molar-refractivity contribution in [3.05, 3.63) is 67.6 Å². The molecule has 0 heterocycles. The third kappa shape index (κ3) is 3.89. The molecule has 0 spiro atoms. The van der Waals surface area contributed by atoms with Crippen molar-refractivity contribution in [2.45, 2.75) is 6.92 Å². The molecule has 0 bridgehead atoms. The molecule has 2 rings (SSSR count). The molecule has 0 aliphatic heterocycles. The molecular formula is C14H13Y. The Morgan fingerprint density at radius 3 is 2.27 bits per heavy atom. The second-order valence-corrected chi connectivity index (χ2v) is 3.02. The van der Waals surface area contributed by atoms with Crippen molar-refractivity contribution >= 4 is 0 Å². The molecular weight excluding hydrogens is 257 g/mol. The van der Waals surface area contributed by atoms with Crippen LogP contribution >= 0.6 is 0 Å². The minimum absolute atomic E-state index is 0. The summed E-state index contributed by atoms with van der Waals surface area (Å²) in [6.45, 7) is 2.05. The maximum Gasteiger partial charge on any atom is 3.00 e. The van der Waals surface area contributed by atoms with E-state index in [1.165, 1.54) is 0 Å². The molecule has 2 aromatic carbocycles. The van der Waals surface area contributed by atoms with Gasteiger partial charge in [-0.25, -0.2) is 11.1 Å². The van der Waals surface area contributed by atoms with Gasteiger partial charge < -0.3 is 7.43 Å². The Morgan fingerprint density at radius 1 is 0.933 bits per heavy atom. The minimum Gasteiger partial charge on any atom is -0.358 e. The predicted octanol–water partition coefficient (Wildman–Crippen LogP) is 3.71. The molecule has 0 nitrogen and oxygen atoms in total. The van der Waals surface area contributed by atoms with Crippen molar-refractivity contribution in [2.75, 3.05) is 0 Å². The summed E-state index contributed by atoms with van der Waals surface area (Å²) in [5.41, 5.74) is 3.38. The molecule has 0 atom stereocenters. The Bertz CT molecular complexity index is 393. The third-order valence-corrected chi connectivity index (χ3v) is 1.94. The molecule has 0 unspecified atom stereocenters. The van der Waals surface area contributed by atoms with Gasteiger partial charge in [-0.15, -0.1) is 17.7 Å². The van der Waals surface area contributed by atoms with E-state index in [1.807, 2.05) is 43.3 Å². The first-order valence-corrected chi connectivity index (χ1v) is 4.32. The van der Waals surface area contributed by atoms with Crippen LogP contribution < -0.4 is 0 Å². The molecule has 0 N–H and O–H groups in total. The first-order chi connectivity index (χ1) is 6.36. The van der Waals surface area contributed by atoms with Gasteiger partial charge in [0.25, 0.3) is 0 Å². The van der Waals surface area contributed by atoms with Crippen molar-refractivity contribution in [3.8, 4) is 11.1 Å². The summed E-state index contributed by atoms with van der Waals surface area (Å²) in [6.07, 6.45) is 0. The van der Waals surface area contributed by atoms with Crippen LogP contribution in [-0.4, -0.2) is 0 Å². The zero-order chi connectivity index (χ0) is 9.10. The van der Waals surface area contributed by atoms with Gasteiger partial charge in [0.1, 0.15) is 0 Å². The first kappa shape index (κ1) is 14.5. The minimum atomic E-state index is 0. The smallest absolute Gasteiger partial charge is 0.358 e. The van der Waals surface area contributed by atoms with Gasteiger partial charge in [0.05, 0.1) is 0 Å². The standard InChI is InChI=1S/C13H10.CH3.Y/c1-11-6-5-9-13(10-11)12-7-3-2-4-8-12;;/h2-7,9H,1H3;1H3;/q-2;-1;+3. The topological polar surface area (TPSA) is 0 Å². The average Bonchev–Trinajstić information content (AvgIpc) is 2.19. The molecule has 0 aliphatic carbocycles. The summed E-state index contributed by atoms with van der Waals surface area (Å²) >= 11 is 0. The van der Waals surface area contributed by atoms with E-state index >= 15 is 0 Å². The zero-order valence-corrected chi connectivity index (χ0v) is 12.0. The Kier molecular flexibility index (Phi) is 6.71. The largest absolute Gasteiger partial charge is 3.00 e. The van der Waals surface area contributed by atoms with Gasteiger partial charge in [-0.2, -0.15) is 42.5 Å². The predicted molar refractivity (Wildman–Crippen MR) is 60.7 cm³/mol. The molecule has 15 heavy (non-hydrogen) atoms. The van der Waals surface area contributed by atoms with E-state index in [0.29, 0.717) is 0 Å². The maximum absolute atomic E-state index is 3.29. The molecule has 0 amide bonds. The van der Waals surface area contributed by atoms with Crippen LogP contribution in [-0.2, 0) is 32.7 Å². The summed E-state index contributed by atoms with van der Waals surface area (Å²) < 4.78 is 0. The number of benzene rings is 2. The normalized spacial score (nSPS) is 8.60. The molecule has 1 heteroatoms. The monoisotopic (exact) mass is 270 g/mol. The summed E-state index contributed by atoms with van der Waals surface area (Å²) in [4.78, 5) is 0. The second kappa shape index (κ2) is 6.92. The second-order valence-electron chi connectivity index (χ2n) is 3.02. The number of hydrogen-bond acceptors (Lipinski definition) is 0. The van der Waals surface area contributed by atoms with E-state index in [9.17, 15) is 0 Å². The van der Waals surface area contributed by atoms with Gasteiger partial charge in [-0.1, -0.05) is 6.92 Å². The molecule has 0 fully saturated rings. The fourth-order valence-electron chi connectivity index (χ4n) is 1.30. The third-order valence-electron chi connectivity index (χ3n) is 1.94. The molecule has 0 aromatic heterocycles. The van der Waals surface area contributed by atoms with Crippen LogP contribution in [0.1, 0.15) is 5.56 Å². The summed E-state index contributed by atoms with van der Waals surface area (Å²) in [5.74, 6) is 0. The van der Waals surface area contributed by atoms with Crippen molar-refractivity contribution in [1.29, 1.82) is 0 Å². The van der Waals surface area contributed by atoms with Crippen LogP contribution in [0, 0.1) is 26.5 Å². The molecule has 72 valence electrons. The van der Waals surface area contributed by atoms with Gasteiger partial charge in [0.2, 0.25) is 0 Å². The van der Waals surface area contributed by atoms with Gasteiger partial charge >= 0.3 is 32.7 Å². The molecule has 0 saturated carbocycles. The Hall–Kier alpha value is -0.456. The van der Waals surface area contributed by atoms with Gasteiger partial charge in [-0.05, 0) is 0 Å². The van der Waals surface area contributed by atoms with Crippen molar-refractivity contribution < 1.29 is 32.7 Å². The van der Waals surface area contributed by atoms with E-state index in [0.717, 1.165) is 16.7 Å². The van der Waals surface area contributed by atoms with E-state index < -0.39 is 0 Å². The summed E-state index contributed by atoms with van der Waals surface area (Å²) in [5, 5.41) is 0. The van der Waals surface area contributed by atoms with Crippen molar-refractivity contribution in [2.24, 2.45) is 0 Å². The van der Waals surface area contributed by atoms with Crippen LogP contribution in [0.25, 0.3) is 11.1 Å². The van der Waals surface area contributed by atoms with E-state index in [-0.39, 0.29) is 40.1 Å². The van der Waals surface area contributed by atoms with Crippen LogP contribution in [0.15, 0.2) is 42.5 Å². The molecule has 0 radical (unpaired) electrons. The maximum atomic E-state index is 3.29. The van der Waals surface area contributed by atoms with Crippen LogP contribution in [0.3, 0.4) is 0 Å². The van der Waals surface area contributed by atoms with Crippen LogP contribution in [0.5, 0.6) is 0 Å². The Balaban J connectivity index is 0.000000980. The fourth-order valence-corrected chi connectivity index (χ4v) is 1.30. The fraction of sp³-hybridized carbons (Fsp3) is 0.0714. The van der Waals surface area contributed by atoms with E-state index in [2.05, 4.69) is 18.2 Å². The number of rotatable bonds is 1. The van der Waals surface area contributed by atoms with Crippen molar-refractivity contribution in [3.63, 3.8) is 0 Å². The Labute approximate surface area is 118 Å².